The van der Waals surface area contributed by atoms with Crippen molar-refractivity contribution in [1.29, 1.82) is 0 Å². The fourth-order valence-electron chi connectivity index (χ4n) is 1.59. The number of nitrogens with zero attached hydrogens (tertiary/aromatic N) is 2. The number of carbonyl (C=O) groups is 1. The number of hydrogen-bond acceptors (Lipinski definition) is 3. The van der Waals surface area contributed by atoms with Crippen molar-refractivity contribution in [2.24, 2.45) is 0 Å². The maximum Gasteiger partial charge on any atom is 0.242 e. The molecule has 4 nitrogen and oxygen atoms in total. The first kappa shape index (κ1) is 13.6. The first-order chi connectivity index (χ1) is 7.86. The monoisotopic (exact) mass is 235 g/mol. The van der Waals surface area contributed by atoms with Crippen molar-refractivity contribution in [2.75, 3.05) is 14.1 Å². The zero-order valence-electron chi connectivity index (χ0n) is 11.2. The molecular weight excluding hydrogens is 214 g/mol. The Labute approximate surface area is 103 Å². The molecule has 0 saturated carbocycles. The van der Waals surface area contributed by atoms with E-state index in [0.29, 0.717) is 6.54 Å². The molecule has 0 radical (unpaired) electrons. The number of hydrogen-bond donors (Lipinski definition) is 1. The second-order valence-corrected chi connectivity index (χ2v) is 4.81. The van der Waals surface area contributed by atoms with Gasteiger partial charge in [0.15, 0.2) is 0 Å². The molecule has 0 spiro atoms. The molecule has 0 aliphatic heterocycles. The lowest BCUT2D eigenvalue weighted by Crippen LogP contribution is -2.51. The van der Waals surface area contributed by atoms with Crippen molar-refractivity contribution in [3.8, 4) is 0 Å². The Morgan fingerprint density at radius 2 is 2.12 bits per heavy atom. The van der Waals surface area contributed by atoms with Crippen LogP contribution >= 0.6 is 0 Å². The van der Waals surface area contributed by atoms with Crippen molar-refractivity contribution in [3.63, 3.8) is 0 Å². The zero-order chi connectivity index (χ0) is 13.1. The fourth-order valence-corrected chi connectivity index (χ4v) is 1.59. The maximum absolute atomic E-state index is 12.1. The summed E-state index contributed by atoms with van der Waals surface area (Å²) in [5.41, 5.74) is 1.34. The van der Waals surface area contributed by atoms with Crippen LogP contribution in [0.15, 0.2) is 18.2 Å². The van der Waals surface area contributed by atoms with Gasteiger partial charge in [-0.1, -0.05) is 6.07 Å². The third kappa shape index (κ3) is 3.53. The molecular formula is C13H21N3O. The first-order valence-electron chi connectivity index (χ1n) is 5.74. The average molecular weight is 235 g/mol. The van der Waals surface area contributed by atoms with Gasteiger partial charge in [-0.2, -0.15) is 0 Å². The predicted octanol–water partition coefficient (Wildman–Crippen LogP) is 1.35. The van der Waals surface area contributed by atoms with Crippen LogP contribution in [0.4, 0.5) is 0 Å². The van der Waals surface area contributed by atoms with Crippen LogP contribution in [0, 0.1) is 6.92 Å². The Balaban J connectivity index is 2.73. The van der Waals surface area contributed by atoms with Gasteiger partial charge in [0.05, 0.1) is 17.8 Å². The summed E-state index contributed by atoms with van der Waals surface area (Å²) in [5.74, 6) is 0.0586. The van der Waals surface area contributed by atoms with Gasteiger partial charge in [-0.25, -0.2) is 0 Å². The molecule has 0 unspecified atom stereocenters. The highest BCUT2D eigenvalue weighted by atomic mass is 16.2. The lowest BCUT2D eigenvalue weighted by Gasteiger charge is -2.28. The van der Waals surface area contributed by atoms with Crippen molar-refractivity contribution in [2.45, 2.75) is 32.9 Å². The Bertz CT molecular complexity index is 401. The smallest absolute Gasteiger partial charge is 0.242 e. The molecule has 0 atom stereocenters. The molecule has 0 aliphatic carbocycles. The highest BCUT2D eigenvalue weighted by Crippen LogP contribution is 2.09. The molecule has 1 amide bonds. The van der Waals surface area contributed by atoms with E-state index in [9.17, 15) is 4.79 Å². The van der Waals surface area contributed by atoms with Crippen LogP contribution in [-0.2, 0) is 11.3 Å². The van der Waals surface area contributed by atoms with Crippen LogP contribution < -0.4 is 5.32 Å². The molecule has 0 fully saturated rings. The van der Waals surface area contributed by atoms with Gasteiger partial charge in [-0.15, -0.1) is 0 Å². The molecule has 4 heteroatoms. The van der Waals surface area contributed by atoms with E-state index in [1.165, 1.54) is 0 Å². The van der Waals surface area contributed by atoms with Crippen LogP contribution in [0.1, 0.15) is 25.2 Å². The molecule has 1 aromatic heterocycles. The van der Waals surface area contributed by atoms with Gasteiger partial charge in [-0.05, 0) is 40.0 Å². The molecule has 94 valence electrons. The van der Waals surface area contributed by atoms with Gasteiger partial charge in [0.25, 0.3) is 0 Å². The molecule has 0 aromatic carbocycles. The molecule has 0 bridgehead atoms. The lowest BCUT2D eigenvalue weighted by molar-refractivity contribution is -0.136. The van der Waals surface area contributed by atoms with Gasteiger partial charge in [0.1, 0.15) is 0 Å². The highest BCUT2D eigenvalue weighted by Gasteiger charge is 2.28. The van der Waals surface area contributed by atoms with E-state index in [1.54, 1.807) is 19.0 Å². The van der Waals surface area contributed by atoms with Gasteiger partial charge in [0.2, 0.25) is 5.91 Å². The second kappa shape index (κ2) is 5.27. The van der Waals surface area contributed by atoms with Crippen molar-refractivity contribution >= 4 is 5.91 Å². The van der Waals surface area contributed by atoms with E-state index in [1.807, 2.05) is 39.0 Å². The number of nitrogens with one attached hydrogen (secondary N) is 1. The maximum atomic E-state index is 12.1. The summed E-state index contributed by atoms with van der Waals surface area (Å²) < 4.78 is 0. The van der Waals surface area contributed by atoms with Crippen LogP contribution in [-0.4, -0.2) is 35.4 Å². The number of rotatable bonds is 4. The third-order valence-electron chi connectivity index (χ3n) is 2.85. The largest absolute Gasteiger partial charge is 0.338 e. The molecule has 0 saturated heterocycles. The molecule has 17 heavy (non-hydrogen) atoms. The predicted molar refractivity (Wildman–Crippen MR) is 68.6 cm³/mol. The number of likely N-dealkylation sites (N-methyl/N-ethyl adjacent to an activating group) is 2. The minimum atomic E-state index is -0.543. The summed E-state index contributed by atoms with van der Waals surface area (Å²) in [6.07, 6.45) is 0. The van der Waals surface area contributed by atoms with Crippen molar-refractivity contribution < 1.29 is 4.79 Å². The van der Waals surface area contributed by atoms with Crippen LogP contribution in [0.2, 0.25) is 0 Å². The van der Waals surface area contributed by atoms with E-state index in [2.05, 4.69) is 10.3 Å². The number of aryl methyl sites for hydroxylation is 1. The van der Waals surface area contributed by atoms with E-state index in [0.717, 1.165) is 11.4 Å². The van der Waals surface area contributed by atoms with Crippen molar-refractivity contribution in [1.82, 2.24) is 15.2 Å². The standard InChI is InChI=1S/C13H21N3O/c1-10-7-6-8-11(15-10)9-16(5)12(17)13(2,3)14-4/h6-8,14H,9H2,1-5H3. The summed E-state index contributed by atoms with van der Waals surface area (Å²) in [7, 11) is 3.59. The SMILES string of the molecule is CNC(C)(C)C(=O)N(C)Cc1cccc(C)n1. The number of aromatic nitrogens is 1. The number of carbonyl (C=O) groups excluding carboxylic acids is 1. The summed E-state index contributed by atoms with van der Waals surface area (Å²) in [4.78, 5) is 18.2. The number of pyridine rings is 1. The molecule has 1 rings (SSSR count). The van der Waals surface area contributed by atoms with Gasteiger partial charge in [-0.3, -0.25) is 9.78 Å². The average Bonchev–Trinajstić information content (AvgIpc) is 2.28. The minimum Gasteiger partial charge on any atom is -0.338 e. The Kier molecular flexibility index (Phi) is 4.23. The van der Waals surface area contributed by atoms with E-state index in [-0.39, 0.29) is 5.91 Å². The van der Waals surface area contributed by atoms with Crippen LogP contribution in [0.5, 0.6) is 0 Å². The molecule has 0 aliphatic rings. The van der Waals surface area contributed by atoms with Crippen molar-refractivity contribution in [3.05, 3.63) is 29.6 Å². The van der Waals surface area contributed by atoms with E-state index >= 15 is 0 Å². The third-order valence-corrected chi connectivity index (χ3v) is 2.85. The molecule has 1 N–H and O–H groups in total. The number of amides is 1. The highest BCUT2D eigenvalue weighted by molar-refractivity contribution is 5.85. The summed E-state index contributed by atoms with van der Waals surface area (Å²) in [5, 5.41) is 3.01. The fraction of sp³-hybridized carbons (Fsp3) is 0.538. The minimum absolute atomic E-state index is 0.0586. The Morgan fingerprint density at radius 3 is 2.65 bits per heavy atom. The van der Waals surface area contributed by atoms with Crippen LogP contribution in [0.25, 0.3) is 0 Å². The topological polar surface area (TPSA) is 45.2 Å². The van der Waals surface area contributed by atoms with Gasteiger partial charge < -0.3 is 10.2 Å². The summed E-state index contributed by atoms with van der Waals surface area (Å²) in [6.45, 7) is 6.22. The lowest BCUT2D eigenvalue weighted by atomic mass is 10.0. The summed E-state index contributed by atoms with van der Waals surface area (Å²) >= 11 is 0. The Morgan fingerprint density at radius 1 is 1.47 bits per heavy atom. The van der Waals surface area contributed by atoms with Gasteiger partial charge in [0, 0.05) is 12.7 Å². The van der Waals surface area contributed by atoms with E-state index < -0.39 is 5.54 Å². The Hall–Kier alpha value is -1.42. The molecule has 1 aromatic rings. The van der Waals surface area contributed by atoms with Crippen LogP contribution in [0.3, 0.4) is 0 Å². The first-order valence-corrected chi connectivity index (χ1v) is 5.74. The second-order valence-electron chi connectivity index (χ2n) is 4.81. The van der Waals surface area contributed by atoms with E-state index in [4.69, 9.17) is 0 Å². The van der Waals surface area contributed by atoms with Gasteiger partial charge >= 0.3 is 0 Å². The molecule has 1 heterocycles. The quantitative estimate of drug-likeness (QED) is 0.856. The normalized spacial score (nSPS) is 11.4. The summed E-state index contributed by atoms with van der Waals surface area (Å²) in [6, 6.07) is 5.84. The zero-order valence-corrected chi connectivity index (χ0v) is 11.2.